The average Bonchev–Trinajstić information content (AvgIpc) is 2.53. The molecule has 1 N–H and O–H groups in total. The van der Waals surface area contributed by atoms with E-state index in [0.717, 1.165) is 0 Å². The van der Waals surface area contributed by atoms with Crippen molar-refractivity contribution in [3.8, 4) is 0 Å². The van der Waals surface area contributed by atoms with E-state index in [4.69, 9.17) is 4.74 Å². The summed E-state index contributed by atoms with van der Waals surface area (Å²) in [5.74, 6) is 0. The fourth-order valence-corrected chi connectivity index (χ4v) is 1.55. The maximum Gasteiger partial charge on any atom is 0.0993 e. The summed E-state index contributed by atoms with van der Waals surface area (Å²) in [6, 6.07) is 10.7. The van der Waals surface area contributed by atoms with Crippen LogP contribution in [0, 0.1) is 0 Å². The first-order chi connectivity index (χ1) is 5.88. The highest BCUT2D eigenvalue weighted by Crippen LogP contribution is 2.24. The molecule has 1 aliphatic heterocycles. The molecule has 64 valence electrons. The van der Waals surface area contributed by atoms with Crippen molar-refractivity contribution in [2.45, 2.75) is 19.1 Å². The van der Waals surface area contributed by atoms with E-state index in [1.165, 1.54) is 5.56 Å². The molecular formula is C10H13NO. The first kappa shape index (κ1) is 7.77. The van der Waals surface area contributed by atoms with Gasteiger partial charge in [-0.05, 0) is 12.5 Å². The highest BCUT2D eigenvalue weighted by Gasteiger charge is 2.24. The molecule has 1 aliphatic rings. The SMILES string of the molecule is C[C@H]1NCOC1c1ccccc1. The monoisotopic (exact) mass is 163 g/mol. The molecule has 1 heterocycles. The number of hydrogen-bond acceptors (Lipinski definition) is 2. The second kappa shape index (κ2) is 3.25. The quantitative estimate of drug-likeness (QED) is 0.680. The van der Waals surface area contributed by atoms with Crippen LogP contribution < -0.4 is 5.32 Å². The van der Waals surface area contributed by atoms with Crippen LogP contribution in [0.4, 0.5) is 0 Å². The molecule has 12 heavy (non-hydrogen) atoms. The van der Waals surface area contributed by atoms with Crippen molar-refractivity contribution < 1.29 is 4.74 Å². The van der Waals surface area contributed by atoms with Crippen LogP contribution >= 0.6 is 0 Å². The minimum atomic E-state index is 0.228. The Morgan fingerprint density at radius 3 is 2.67 bits per heavy atom. The number of nitrogens with one attached hydrogen (secondary N) is 1. The standard InChI is InChI=1S/C10H13NO/c1-8-10(12-7-11-8)9-5-3-2-4-6-9/h2-6,8,10-11H,7H2,1H3/t8-,10?/m1/s1. The van der Waals surface area contributed by atoms with Crippen LogP contribution in [-0.2, 0) is 4.74 Å². The summed E-state index contributed by atoms with van der Waals surface area (Å²) in [6.45, 7) is 2.81. The maximum absolute atomic E-state index is 5.54. The zero-order valence-corrected chi connectivity index (χ0v) is 7.16. The molecule has 2 rings (SSSR count). The predicted molar refractivity (Wildman–Crippen MR) is 47.7 cm³/mol. The molecule has 1 unspecified atom stereocenters. The Balaban J connectivity index is 2.19. The van der Waals surface area contributed by atoms with Gasteiger partial charge >= 0.3 is 0 Å². The number of benzene rings is 1. The Labute approximate surface area is 72.5 Å². The van der Waals surface area contributed by atoms with Gasteiger partial charge in [-0.1, -0.05) is 30.3 Å². The number of hydrogen-bond donors (Lipinski definition) is 1. The Kier molecular flexibility index (Phi) is 2.11. The van der Waals surface area contributed by atoms with Crippen molar-refractivity contribution in [2.75, 3.05) is 6.73 Å². The predicted octanol–water partition coefficient (Wildman–Crippen LogP) is 1.69. The van der Waals surface area contributed by atoms with Crippen molar-refractivity contribution in [1.29, 1.82) is 0 Å². The molecule has 0 bridgehead atoms. The van der Waals surface area contributed by atoms with Gasteiger partial charge in [-0.25, -0.2) is 0 Å². The zero-order valence-electron chi connectivity index (χ0n) is 7.16. The van der Waals surface area contributed by atoms with Crippen LogP contribution in [0.5, 0.6) is 0 Å². The summed E-state index contributed by atoms with van der Waals surface area (Å²) in [5, 5.41) is 3.25. The van der Waals surface area contributed by atoms with Gasteiger partial charge < -0.3 is 4.74 Å². The highest BCUT2D eigenvalue weighted by atomic mass is 16.5. The Morgan fingerprint density at radius 2 is 2.08 bits per heavy atom. The van der Waals surface area contributed by atoms with Gasteiger partial charge in [0, 0.05) is 6.04 Å². The lowest BCUT2D eigenvalue weighted by molar-refractivity contribution is 0.105. The highest BCUT2D eigenvalue weighted by molar-refractivity contribution is 5.19. The molecule has 1 fully saturated rings. The lowest BCUT2D eigenvalue weighted by atomic mass is 10.0. The van der Waals surface area contributed by atoms with Gasteiger partial charge in [0.25, 0.3) is 0 Å². The largest absolute Gasteiger partial charge is 0.357 e. The summed E-state index contributed by atoms with van der Waals surface area (Å²) in [6.07, 6.45) is 0.228. The van der Waals surface area contributed by atoms with Crippen LogP contribution in [0.3, 0.4) is 0 Å². The number of ether oxygens (including phenoxy) is 1. The third-order valence-electron chi connectivity index (χ3n) is 2.25. The molecule has 0 saturated carbocycles. The van der Waals surface area contributed by atoms with E-state index < -0.39 is 0 Å². The fraction of sp³-hybridized carbons (Fsp3) is 0.400. The minimum absolute atomic E-state index is 0.228. The van der Waals surface area contributed by atoms with Gasteiger partial charge in [-0.15, -0.1) is 0 Å². The molecule has 0 radical (unpaired) electrons. The van der Waals surface area contributed by atoms with Crippen molar-refractivity contribution in [3.05, 3.63) is 35.9 Å². The van der Waals surface area contributed by atoms with Gasteiger partial charge in [0.1, 0.15) is 0 Å². The fourth-order valence-electron chi connectivity index (χ4n) is 1.55. The van der Waals surface area contributed by atoms with Crippen molar-refractivity contribution in [3.63, 3.8) is 0 Å². The molecule has 0 aliphatic carbocycles. The summed E-state index contributed by atoms with van der Waals surface area (Å²) < 4.78 is 5.54. The molecular weight excluding hydrogens is 150 g/mol. The van der Waals surface area contributed by atoms with E-state index in [1.807, 2.05) is 18.2 Å². The maximum atomic E-state index is 5.54. The summed E-state index contributed by atoms with van der Waals surface area (Å²) in [4.78, 5) is 0. The van der Waals surface area contributed by atoms with Crippen LogP contribution in [-0.4, -0.2) is 12.8 Å². The molecule has 1 aromatic rings. The van der Waals surface area contributed by atoms with E-state index in [-0.39, 0.29) is 6.10 Å². The summed E-state index contributed by atoms with van der Waals surface area (Å²) in [7, 11) is 0. The lowest BCUT2D eigenvalue weighted by Crippen LogP contribution is -2.21. The lowest BCUT2D eigenvalue weighted by Gasteiger charge is -2.13. The van der Waals surface area contributed by atoms with Crippen molar-refractivity contribution >= 4 is 0 Å². The molecule has 1 saturated heterocycles. The summed E-state index contributed by atoms with van der Waals surface area (Å²) >= 11 is 0. The molecule has 2 heteroatoms. The van der Waals surface area contributed by atoms with Crippen LogP contribution in [0.15, 0.2) is 30.3 Å². The zero-order chi connectivity index (χ0) is 8.39. The first-order valence-corrected chi connectivity index (χ1v) is 4.28. The second-order valence-corrected chi connectivity index (χ2v) is 3.14. The minimum Gasteiger partial charge on any atom is -0.357 e. The van der Waals surface area contributed by atoms with E-state index in [2.05, 4.69) is 24.4 Å². The smallest absolute Gasteiger partial charge is 0.0993 e. The third-order valence-corrected chi connectivity index (χ3v) is 2.25. The molecule has 2 nitrogen and oxygen atoms in total. The van der Waals surface area contributed by atoms with Crippen molar-refractivity contribution in [1.82, 2.24) is 5.32 Å². The van der Waals surface area contributed by atoms with Crippen molar-refractivity contribution in [2.24, 2.45) is 0 Å². The first-order valence-electron chi connectivity index (χ1n) is 4.28. The second-order valence-electron chi connectivity index (χ2n) is 3.14. The molecule has 0 aromatic heterocycles. The average molecular weight is 163 g/mol. The summed E-state index contributed by atoms with van der Waals surface area (Å²) in [5.41, 5.74) is 1.26. The van der Waals surface area contributed by atoms with Crippen LogP contribution in [0.25, 0.3) is 0 Å². The van der Waals surface area contributed by atoms with Gasteiger partial charge in [-0.3, -0.25) is 5.32 Å². The molecule has 0 amide bonds. The Bertz CT molecular complexity index is 247. The number of rotatable bonds is 1. The van der Waals surface area contributed by atoms with Crippen LogP contribution in [0.1, 0.15) is 18.6 Å². The van der Waals surface area contributed by atoms with E-state index >= 15 is 0 Å². The Hall–Kier alpha value is -0.860. The van der Waals surface area contributed by atoms with Gasteiger partial charge in [0.05, 0.1) is 12.8 Å². The van der Waals surface area contributed by atoms with Crippen LogP contribution in [0.2, 0.25) is 0 Å². The van der Waals surface area contributed by atoms with Gasteiger partial charge in [0.15, 0.2) is 0 Å². The van der Waals surface area contributed by atoms with E-state index in [9.17, 15) is 0 Å². The third kappa shape index (κ3) is 1.36. The molecule has 2 atom stereocenters. The van der Waals surface area contributed by atoms with E-state index in [1.54, 1.807) is 0 Å². The molecule has 1 aromatic carbocycles. The van der Waals surface area contributed by atoms with Gasteiger partial charge in [0.2, 0.25) is 0 Å². The topological polar surface area (TPSA) is 21.3 Å². The normalized spacial score (nSPS) is 29.1. The molecule has 0 spiro atoms. The van der Waals surface area contributed by atoms with E-state index in [0.29, 0.717) is 12.8 Å². The van der Waals surface area contributed by atoms with Gasteiger partial charge in [-0.2, -0.15) is 0 Å². The Morgan fingerprint density at radius 1 is 1.33 bits per heavy atom.